The molecule has 9 nitrogen and oxygen atoms in total. The monoisotopic (exact) mass is 583 g/mol. The van der Waals surface area contributed by atoms with Gasteiger partial charge in [-0.05, 0) is 64.1 Å². The molecule has 4 aromatic rings. The van der Waals surface area contributed by atoms with Gasteiger partial charge in [-0.2, -0.15) is 0 Å². The summed E-state index contributed by atoms with van der Waals surface area (Å²) in [5.41, 5.74) is 3.88. The van der Waals surface area contributed by atoms with Crippen LogP contribution in [0, 0.1) is 0 Å². The molecule has 10 heteroatoms. The fourth-order valence-corrected chi connectivity index (χ4v) is 6.86. The predicted octanol–water partition coefficient (Wildman–Crippen LogP) is 3.35. The summed E-state index contributed by atoms with van der Waals surface area (Å²) in [6.07, 6.45) is 1.21. The number of carbonyl (C=O) groups excluding carboxylic acids is 3. The number of benzene rings is 3. The average molecular weight is 584 g/mol. The molecular weight excluding hydrogens is 554 g/mol. The quantitative estimate of drug-likeness (QED) is 0.251. The second-order valence-electron chi connectivity index (χ2n) is 10.7. The van der Waals surface area contributed by atoms with Crippen LogP contribution in [0.5, 0.6) is 5.75 Å². The third kappa shape index (κ3) is 5.33. The van der Waals surface area contributed by atoms with Crippen molar-refractivity contribution in [3.8, 4) is 5.75 Å². The minimum absolute atomic E-state index is 0.0784. The molecule has 3 atom stereocenters. The van der Waals surface area contributed by atoms with E-state index in [-0.39, 0.29) is 30.9 Å². The van der Waals surface area contributed by atoms with Crippen molar-refractivity contribution in [1.29, 1.82) is 0 Å². The number of aromatic hydroxyl groups is 1. The summed E-state index contributed by atoms with van der Waals surface area (Å²) < 4.78 is 1.07. The Hall–Kier alpha value is -4.70. The van der Waals surface area contributed by atoms with Crippen molar-refractivity contribution in [3.63, 3.8) is 0 Å². The molecule has 3 aromatic carbocycles. The fourth-order valence-electron chi connectivity index (χ4n) is 5.90. The SMILES string of the molecule is O=C(Cc1csc2ccccc12)N[C@@H](Cc1ccc(O)cc1)C(=O)N[C@H]1CCc2cccc3c2N(C1=O)[C@H](C(=O)O)C3. The summed E-state index contributed by atoms with van der Waals surface area (Å²) in [6.45, 7) is 0. The normalized spacial score (nSPS) is 18.3. The molecule has 42 heavy (non-hydrogen) atoms. The second-order valence-corrected chi connectivity index (χ2v) is 11.6. The Kier molecular flexibility index (Phi) is 7.38. The highest BCUT2D eigenvalue weighted by atomic mass is 32.1. The topological polar surface area (TPSA) is 136 Å². The number of hydrogen-bond acceptors (Lipinski definition) is 6. The van der Waals surface area contributed by atoms with Gasteiger partial charge in [-0.25, -0.2) is 4.79 Å². The van der Waals surface area contributed by atoms with Crippen LogP contribution in [-0.4, -0.2) is 52.0 Å². The zero-order valence-electron chi connectivity index (χ0n) is 22.6. The number of hydrogen-bond donors (Lipinski definition) is 4. The zero-order chi connectivity index (χ0) is 29.4. The Morgan fingerprint density at radius 1 is 1.00 bits per heavy atom. The van der Waals surface area contributed by atoms with Gasteiger partial charge in [0.2, 0.25) is 17.7 Å². The molecule has 3 amide bonds. The van der Waals surface area contributed by atoms with Crippen molar-refractivity contribution in [3.05, 3.63) is 94.4 Å². The minimum Gasteiger partial charge on any atom is -0.508 e. The smallest absolute Gasteiger partial charge is 0.327 e. The van der Waals surface area contributed by atoms with Gasteiger partial charge in [0.1, 0.15) is 23.9 Å². The van der Waals surface area contributed by atoms with Crippen LogP contribution >= 0.6 is 11.3 Å². The van der Waals surface area contributed by atoms with E-state index in [0.29, 0.717) is 24.1 Å². The van der Waals surface area contributed by atoms with Crippen LogP contribution in [0.4, 0.5) is 5.69 Å². The Morgan fingerprint density at radius 3 is 2.55 bits per heavy atom. The first-order chi connectivity index (χ1) is 20.3. The molecule has 214 valence electrons. The molecule has 6 rings (SSSR count). The third-order valence-corrected chi connectivity index (χ3v) is 8.96. The molecule has 0 fully saturated rings. The molecular formula is C32H29N3O6S. The largest absolute Gasteiger partial charge is 0.508 e. The number of para-hydroxylation sites is 1. The van der Waals surface area contributed by atoms with E-state index in [1.165, 1.54) is 17.0 Å². The number of nitrogens with one attached hydrogen (secondary N) is 2. The molecule has 0 saturated carbocycles. The average Bonchev–Trinajstić information content (AvgIpc) is 3.54. The lowest BCUT2D eigenvalue weighted by molar-refractivity contribution is -0.140. The van der Waals surface area contributed by atoms with Crippen molar-refractivity contribution in [1.82, 2.24) is 10.6 Å². The van der Waals surface area contributed by atoms with Crippen LogP contribution in [0.1, 0.15) is 28.7 Å². The van der Waals surface area contributed by atoms with Gasteiger partial charge in [0, 0.05) is 17.5 Å². The van der Waals surface area contributed by atoms with Gasteiger partial charge in [-0.3, -0.25) is 19.3 Å². The molecule has 0 aliphatic carbocycles. The van der Waals surface area contributed by atoms with E-state index in [1.807, 2.05) is 47.8 Å². The number of carboxylic acids is 1. The number of fused-ring (bicyclic) bond motifs is 1. The van der Waals surface area contributed by atoms with Crippen molar-refractivity contribution in [2.24, 2.45) is 0 Å². The molecule has 2 aliphatic heterocycles. The summed E-state index contributed by atoms with van der Waals surface area (Å²) in [5, 5.41) is 28.2. The van der Waals surface area contributed by atoms with Crippen molar-refractivity contribution in [2.45, 2.75) is 50.2 Å². The van der Waals surface area contributed by atoms with E-state index in [2.05, 4.69) is 10.6 Å². The maximum atomic E-state index is 13.7. The minimum atomic E-state index is -1.10. The number of aryl methyl sites for hydroxylation is 1. The first-order valence-electron chi connectivity index (χ1n) is 13.8. The van der Waals surface area contributed by atoms with Gasteiger partial charge < -0.3 is 20.8 Å². The molecule has 0 spiro atoms. The first-order valence-corrected chi connectivity index (χ1v) is 14.7. The highest BCUT2D eigenvalue weighted by Crippen LogP contribution is 2.39. The summed E-state index contributed by atoms with van der Waals surface area (Å²) in [7, 11) is 0. The maximum absolute atomic E-state index is 13.7. The van der Waals surface area contributed by atoms with Crippen molar-refractivity contribution in [2.75, 3.05) is 4.90 Å². The molecule has 0 bridgehead atoms. The van der Waals surface area contributed by atoms with Gasteiger partial charge in [-0.1, -0.05) is 48.5 Å². The Balaban J connectivity index is 1.23. The van der Waals surface area contributed by atoms with Gasteiger partial charge in [0.05, 0.1) is 12.1 Å². The summed E-state index contributed by atoms with van der Waals surface area (Å²) in [4.78, 5) is 54.1. The lowest BCUT2D eigenvalue weighted by atomic mass is 10.0. The van der Waals surface area contributed by atoms with Gasteiger partial charge >= 0.3 is 5.97 Å². The maximum Gasteiger partial charge on any atom is 0.327 e. The van der Waals surface area contributed by atoms with Crippen LogP contribution in [0.15, 0.2) is 72.1 Å². The number of nitrogens with zero attached hydrogens (tertiary/aromatic N) is 1. The molecule has 1 aromatic heterocycles. The number of rotatable bonds is 8. The van der Waals surface area contributed by atoms with E-state index in [4.69, 9.17) is 0 Å². The molecule has 0 saturated heterocycles. The number of amides is 3. The summed E-state index contributed by atoms with van der Waals surface area (Å²) >= 11 is 1.55. The first kappa shape index (κ1) is 27.5. The van der Waals surface area contributed by atoms with E-state index in [0.717, 1.165) is 26.8 Å². The lowest BCUT2D eigenvalue weighted by Gasteiger charge is -2.27. The Bertz CT molecular complexity index is 1700. The van der Waals surface area contributed by atoms with Crippen LogP contribution in [-0.2, 0) is 44.9 Å². The molecule has 0 unspecified atom stereocenters. The van der Waals surface area contributed by atoms with Gasteiger partial charge in [0.25, 0.3) is 0 Å². The number of carboxylic acid groups (broad SMARTS) is 1. The summed E-state index contributed by atoms with van der Waals surface area (Å²) in [6, 6.07) is 16.7. The zero-order valence-corrected chi connectivity index (χ0v) is 23.4. The van der Waals surface area contributed by atoms with Crippen LogP contribution in [0.3, 0.4) is 0 Å². The van der Waals surface area contributed by atoms with Crippen LogP contribution in [0.2, 0.25) is 0 Å². The molecule has 4 N–H and O–H groups in total. The van der Waals surface area contributed by atoms with Crippen LogP contribution in [0.25, 0.3) is 10.1 Å². The second kappa shape index (κ2) is 11.3. The molecule has 0 radical (unpaired) electrons. The predicted molar refractivity (Wildman–Crippen MR) is 159 cm³/mol. The van der Waals surface area contributed by atoms with E-state index >= 15 is 0 Å². The highest BCUT2D eigenvalue weighted by Gasteiger charge is 2.44. The summed E-state index contributed by atoms with van der Waals surface area (Å²) in [5.74, 6) is -2.38. The third-order valence-electron chi connectivity index (χ3n) is 7.95. The lowest BCUT2D eigenvalue weighted by Crippen LogP contribution is -2.56. The van der Waals surface area contributed by atoms with E-state index in [1.54, 1.807) is 23.5 Å². The van der Waals surface area contributed by atoms with Crippen molar-refractivity contribution < 1.29 is 29.4 Å². The molecule has 3 heterocycles. The number of anilines is 1. The standard InChI is InChI=1S/C32H29N3O6S/c36-22-11-8-18(9-12-22)14-25(33-28(37)16-21-17-42-27-7-2-1-6-23(21)27)30(38)34-24-13-10-19-4-3-5-20-15-26(32(40)41)35(29(19)20)31(24)39/h1-9,11-12,17,24-26,36H,10,13-16H2,(H,33,37)(H,34,38)(H,40,41)/t24-,25-,26-/m0/s1. The number of thiophene rings is 1. The van der Waals surface area contributed by atoms with Gasteiger partial charge in [0.15, 0.2) is 0 Å². The fraction of sp³-hybridized carbons (Fsp3) is 0.250. The van der Waals surface area contributed by atoms with E-state index in [9.17, 15) is 29.4 Å². The van der Waals surface area contributed by atoms with Crippen LogP contribution < -0.4 is 15.5 Å². The van der Waals surface area contributed by atoms with Crippen molar-refractivity contribution >= 4 is 50.8 Å². The number of carbonyl (C=O) groups is 4. The number of aliphatic carboxylic acids is 1. The Labute approximate surface area is 245 Å². The van der Waals surface area contributed by atoms with Gasteiger partial charge in [-0.15, -0.1) is 11.3 Å². The molecule has 2 aliphatic rings. The number of phenols is 1. The Morgan fingerprint density at radius 2 is 1.76 bits per heavy atom. The number of phenolic OH excluding ortho intramolecular Hbond substituents is 1. The highest BCUT2D eigenvalue weighted by molar-refractivity contribution is 7.17. The van der Waals surface area contributed by atoms with E-state index < -0.39 is 35.9 Å².